The molecular weight excluding hydrogens is 330 g/mol. The Morgan fingerprint density at radius 3 is 2.65 bits per heavy atom. The van der Waals surface area contributed by atoms with E-state index in [9.17, 15) is 9.59 Å². The number of aromatic nitrogens is 1. The average molecular weight is 359 g/mol. The molecule has 3 aliphatic rings. The first-order valence-electron chi connectivity index (χ1n) is 9.99. The van der Waals surface area contributed by atoms with Crippen LogP contribution in [-0.4, -0.2) is 53.8 Å². The van der Waals surface area contributed by atoms with E-state index >= 15 is 0 Å². The number of likely N-dealkylation sites (tertiary alicyclic amines) is 1. The molecule has 0 bridgehead atoms. The lowest BCUT2D eigenvalue weighted by molar-refractivity contribution is 0.0404. The van der Waals surface area contributed by atoms with Crippen LogP contribution in [0, 0.1) is 11.8 Å². The summed E-state index contributed by atoms with van der Waals surface area (Å²) in [7, 11) is 0. The molecule has 4 rings (SSSR count). The maximum absolute atomic E-state index is 12.7. The lowest BCUT2D eigenvalue weighted by Gasteiger charge is -2.31. The summed E-state index contributed by atoms with van der Waals surface area (Å²) in [5.74, 6) is 1.17. The molecule has 2 saturated heterocycles. The quantitative estimate of drug-likeness (QED) is 0.865. The SMILES string of the molecule is CCn1ccc(C(=O)N[C@@H]2CN(C3CCOCC3)C[C@H]2C2CC2)cc1=O. The Balaban J connectivity index is 1.44. The number of nitrogens with zero attached hydrogens (tertiary/aromatic N) is 2. The molecule has 0 unspecified atom stereocenters. The van der Waals surface area contributed by atoms with E-state index in [0.29, 0.717) is 24.1 Å². The van der Waals surface area contributed by atoms with Gasteiger partial charge in [0.1, 0.15) is 0 Å². The van der Waals surface area contributed by atoms with Crippen molar-refractivity contribution in [3.8, 4) is 0 Å². The number of ether oxygens (including phenoxy) is 1. The Labute approximate surface area is 154 Å². The van der Waals surface area contributed by atoms with Crippen LogP contribution in [0.4, 0.5) is 0 Å². The molecule has 142 valence electrons. The molecule has 26 heavy (non-hydrogen) atoms. The molecule has 6 nitrogen and oxygen atoms in total. The Morgan fingerprint density at radius 1 is 1.23 bits per heavy atom. The first-order valence-corrected chi connectivity index (χ1v) is 9.99. The molecule has 2 atom stereocenters. The summed E-state index contributed by atoms with van der Waals surface area (Å²) in [6.45, 7) is 6.24. The van der Waals surface area contributed by atoms with Crippen molar-refractivity contribution in [2.45, 2.75) is 51.2 Å². The Bertz CT molecular complexity index is 706. The number of nitrogens with one attached hydrogen (secondary N) is 1. The Kier molecular flexibility index (Phi) is 5.14. The number of hydrogen-bond acceptors (Lipinski definition) is 4. The fourth-order valence-corrected chi connectivity index (χ4v) is 4.53. The fraction of sp³-hybridized carbons (Fsp3) is 0.700. The molecule has 3 heterocycles. The fourth-order valence-electron chi connectivity index (χ4n) is 4.53. The van der Waals surface area contributed by atoms with Gasteiger partial charge >= 0.3 is 0 Å². The first kappa shape index (κ1) is 17.7. The standard InChI is InChI=1S/C20H29N3O3/c1-2-22-8-5-15(11-19(22)24)20(25)21-18-13-23(12-17(18)14-3-4-14)16-6-9-26-10-7-16/h5,8,11,14,16-18H,2-4,6-7,9-10,12-13H2,1H3,(H,21,25)/t17-,18+/m0/s1. The van der Waals surface area contributed by atoms with Gasteiger partial charge < -0.3 is 14.6 Å². The maximum Gasteiger partial charge on any atom is 0.251 e. The summed E-state index contributed by atoms with van der Waals surface area (Å²) in [5.41, 5.74) is 0.355. The summed E-state index contributed by atoms with van der Waals surface area (Å²) < 4.78 is 7.10. The first-order chi connectivity index (χ1) is 12.7. The number of hydrogen-bond donors (Lipinski definition) is 1. The van der Waals surface area contributed by atoms with Crippen molar-refractivity contribution in [3.63, 3.8) is 0 Å². The van der Waals surface area contributed by atoms with E-state index in [1.807, 2.05) is 6.92 Å². The van der Waals surface area contributed by atoms with Crippen LogP contribution in [0.25, 0.3) is 0 Å². The van der Waals surface area contributed by atoms with E-state index in [-0.39, 0.29) is 17.5 Å². The summed E-state index contributed by atoms with van der Waals surface area (Å²) in [4.78, 5) is 27.3. The molecule has 1 saturated carbocycles. The van der Waals surface area contributed by atoms with E-state index < -0.39 is 0 Å². The van der Waals surface area contributed by atoms with E-state index in [0.717, 1.165) is 45.1 Å². The number of rotatable bonds is 5. The number of aryl methyl sites for hydroxylation is 1. The third-order valence-electron chi connectivity index (χ3n) is 6.24. The van der Waals surface area contributed by atoms with Crippen LogP contribution < -0.4 is 10.9 Å². The topological polar surface area (TPSA) is 63.6 Å². The third-order valence-corrected chi connectivity index (χ3v) is 6.24. The predicted molar refractivity (Wildman–Crippen MR) is 99.3 cm³/mol. The molecule has 0 aromatic carbocycles. The number of carbonyl (C=O) groups excluding carboxylic acids is 1. The molecule has 0 spiro atoms. The van der Waals surface area contributed by atoms with Crippen molar-refractivity contribution in [1.82, 2.24) is 14.8 Å². The van der Waals surface area contributed by atoms with Gasteiger partial charge in [0.25, 0.3) is 11.5 Å². The van der Waals surface area contributed by atoms with Gasteiger partial charge in [0.15, 0.2) is 0 Å². The third kappa shape index (κ3) is 3.71. The minimum Gasteiger partial charge on any atom is -0.381 e. The molecule has 1 amide bonds. The van der Waals surface area contributed by atoms with Crippen molar-refractivity contribution >= 4 is 5.91 Å². The molecule has 2 aliphatic heterocycles. The maximum atomic E-state index is 12.7. The van der Waals surface area contributed by atoms with Gasteiger partial charge in [-0.15, -0.1) is 0 Å². The van der Waals surface area contributed by atoms with E-state index in [2.05, 4.69) is 10.2 Å². The lowest BCUT2D eigenvalue weighted by Crippen LogP contribution is -2.43. The largest absolute Gasteiger partial charge is 0.381 e. The minimum atomic E-state index is -0.117. The summed E-state index contributed by atoms with van der Waals surface area (Å²) >= 11 is 0. The molecule has 6 heteroatoms. The minimum absolute atomic E-state index is 0.116. The Morgan fingerprint density at radius 2 is 2.00 bits per heavy atom. The van der Waals surface area contributed by atoms with Gasteiger partial charge in [0.2, 0.25) is 0 Å². The van der Waals surface area contributed by atoms with Crippen LogP contribution in [0.5, 0.6) is 0 Å². The van der Waals surface area contributed by atoms with Crippen molar-refractivity contribution < 1.29 is 9.53 Å². The predicted octanol–water partition coefficient (Wildman–Crippen LogP) is 1.49. The van der Waals surface area contributed by atoms with Gasteiger partial charge in [-0.25, -0.2) is 0 Å². The van der Waals surface area contributed by atoms with Crippen molar-refractivity contribution in [3.05, 3.63) is 34.2 Å². The van der Waals surface area contributed by atoms with Crippen molar-refractivity contribution in [2.24, 2.45) is 11.8 Å². The van der Waals surface area contributed by atoms with Crippen LogP contribution in [0.1, 0.15) is 43.0 Å². The molecule has 1 N–H and O–H groups in total. The zero-order valence-electron chi connectivity index (χ0n) is 15.5. The second-order valence-electron chi connectivity index (χ2n) is 7.92. The van der Waals surface area contributed by atoms with Crippen molar-refractivity contribution in [1.29, 1.82) is 0 Å². The highest BCUT2D eigenvalue weighted by Crippen LogP contribution is 2.42. The van der Waals surface area contributed by atoms with E-state index in [4.69, 9.17) is 4.74 Å². The Hall–Kier alpha value is -1.66. The van der Waals surface area contributed by atoms with Gasteiger partial charge in [0.05, 0.1) is 0 Å². The second-order valence-corrected chi connectivity index (χ2v) is 7.92. The zero-order chi connectivity index (χ0) is 18.1. The zero-order valence-corrected chi connectivity index (χ0v) is 15.5. The van der Waals surface area contributed by atoms with Crippen molar-refractivity contribution in [2.75, 3.05) is 26.3 Å². The van der Waals surface area contributed by atoms with Crippen LogP contribution in [0.15, 0.2) is 23.1 Å². The highest BCUT2D eigenvalue weighted by Gasteiger charge is 2.44. The van der Waals surface area contributed by atoms with Crippen LogP contribution in [0.2, 0.25) is 0 Å². The normalized spacial score (nSPS) is 27.6. The summed E-state index contributed by atoms with van der Waals surface area (Å²) in [5, 5.41) is 3.24. The van der Waals surface area contributed by atoms with Gasteiger partial charge in [-0.2, -0.15) is 0 Å². The van der Waals surface area contributed by atoms with Gasteiger partial charge in [0, 0.05) is 62.8 Å². The number of carbonyl (C=O) groups is 1. The molecule has 1 aromatic heterocycles. The monoisotopic (exact) mass is 359 g/mol. The highest BCUT2D eigenvalue weighted by molar-refractivity contribution is 5.94. The van der Waals surface area contributed by atoms with Crippen LogP contribution in [-0.2, 0) is 11.3 Å². The van der Waals surface area contributed by atoms with Gasteiger partial charge in [-0.1, -0.05) is 0 Å². The molecular formula is C20H29N3O3. The molecule has 3 fully saturated rings. The highest BCUT2D eigenvalue weighted by atomic mass is 16.5. The van der Waals surface area contributed by atoms with Gasteiger partial charge in [-0.05, 0) is 50.5 Å². The summed E-state index contributed by atoms with van der Waals surface area (Å²) in [6.07, 6.45) is 6.45. The number of amides is 1. The second kappa shape index (κ2) is 7.53. The van der Waals surface area contributed by atoms with E-state index in [1.165, 1.54) is 18.9 Å². The molecule has 0 radical (unpaired) electrons. The summed E-state index contributed by atoms with van der Waals surface area (Å²) in [6, 6.07) is 3.97. The van der Waals surface area contributed by atoms with Gasteiger partial charge in [-0.3, -0.25) is 14.5 Å². The molecule has 1 aromatic rings. The number of pyridine rings is 1. The lowest BCUT2D eigenvalue weighted by atomic mass is 9.98. The molecule has 1 aliphatic carbocycles. The smallest absolute Gasteiger partial charge is 0.251 e. The van der Waals surface area contributed by atoms with E-state index in [1.54, 1.807) is 16.8 Å². The van der Waals surface area contributed by atoms with Crippen LogP contribution >= 0.6 is 0 Å². The van der Waals surface area contributed by atoms with Crippen LogP contribution in [0.3, 0.4) is 0 Å². The average Bonchev–Trinajstić information content (AvgIpc) is 3.43.